The number of aromatic nitrogens is 1. The predicted molar refractivity (Wildman–Crippen MR) is 69.1 cm³/mol. The first-order valence-corrected chi connectivity index (χ1v) is 6.32. The number of nitrogens with zero attached hydrogens (tertiary/aromatic N) is 1. The smallest absolute Gasteiger partial charge is 0.116 e. The second-order valence-electron chi connectivity index (χ2n) is 4.72. The summed E-state index contributed by atoms with van der Waals surface area (Å²) in [6.07, 6.45) is 1.75. The molecule has 0 spiro atoms. The van der Waals surface area contributed by atoms with Gasteiger partial charge in [-0.05, 0) is 33.3 Å². The molecule has 86 valence electrons. The third kappa shape index (κ3) is 3.72. The Kier molecular flexibility index (Phi) is 4.27. The first kappa shape index (κ1) is 13.4. The van der Waals surface area contributed by atoms with Gasteiger partial charge in [-0.3, -0.25) is 4.98 Å². The maximum Gasteiger partial charge on any atom is 0.116 e. The summed E-state index contributed by atoms with van der Waals surface area (Å²) in [5, 5.41) is 0. The van der Waals surface area contributed by atoms with Crippen molar-refractivity contribution in [1.29, 1.82) is 0 Å². The van der Waals surface area contributed by atoms with Crippen molar-refractivity contribution < 1.29 is 4.21 Å². The van der Waals surface area contributed by atoms with E-state index >= 15 is 0 Å². The Hall–Kier alpha value is -0.675. The SMILES string of the molecule is [B]c1cc(CN[S@](=O)C(C)(C)C)cnc1C. The average molecular weight is 236 g/mol. The Morgan fingerprint density at radius 1 is 1.50 bits per heavy atom. The number of aryl methyl sites for hydroxylation is 1. The number of hydrogen-bond acceptors (Lipinski definition) is 2. The molecule has 1 N–H and O–H groups in total. The van der Waals surface area contributed by atoms with Gasteiger partial charge in [-0.1, -0.05) is 11.5 Å². The Morgan fingerprint density at radius 3 is 2.62 bits per heavy atom. The molecule has 1 aromatic heterocycles. The van der Waals surface area contributed by atoms with E-state index in [1.165, 1.54) is 0 Å². The fraction of sp³-hybridized carbons (Fsp3) is 0.545. The Labute approximate surface area is 101 Å². The number of hydrogen-bond donors (Lipinski definition) is 1. The standard InChI is InChI=1S/C11H17BN2OS/c1-8-10(12)5-9(6-13-8)7-14-16(15)11(2,3)4/h5-6,14H,7H2,1-4H3/t16-/m1/s1. The molecule has 0 aromatic carbocycles. The van der Waals surface area contributed by atoms with Gasteiger partial charge in [-0.15, -0.1) is 0 Å². The molecule has 5 heteroatoms. The van der Waals surface area contributed by atoms with E-state index in [0.29, 0.717) is 12.0 Å². The highest BCUT2D eigenvalue weighted by molar-refractivity contribution is 7.84. The van der Waals surface area contributed by atoms with Crippen molar-refractivity contribution in [3.63, 3.8) is 0 Å². The van der Waals surface area contributed by atoms with Crippen molar-refractivity contribution in [3.8, 4) is 0 Å². The summed E-state index contributed by atoms with van der Waals surface area (Å²) in [6.45, 7) is 8.16. The summed E-state index contributed by atoms with van der Waals surface area (Å²) in [4.78, 5) is 4.15. The van der Waals surface area contributed by atoms with Crippen LogP contribution in [-0.4, -0.2) is 21.8 Å². The minimum absolute atomic E-state index is 0.260. The van der Waals surface area contributed by atoms with Crippen LogP contribution in [0.15, 0.2) is 12.3 Å². The minimum atomic E-state index is -1.07. The molecule has 3 nitrogen and oxygen atoms in total. The van der Waals surface area contributed by atoms with Gasteiger partial charge in [0.05, 0.1) is 15.7 Å². The van der Waals surface area contributed by atoms with E-state index in [-0.39, 0.29) is 4.75 Å². The molecule has 1 atom stereocenters. The van der Waals surface area contributed by atoms with Crippen LogP contribution in [0.4, 0.5) is 0 Å². The maximum absolute atomic E-state index is 11.7. The molecule has 0 bridgehead atoms. The zero-order valence-electron chi connectivity index (χ0n) is 10.2. The van der Waals surface area contributed by atoms with E-state index < -0.39 is 11.0 Å². The highest BCUT2D eigenvalue weighted by Crippen LogP contribution is 2.09. The summed E-state index contributed by atoms with van der Waals surface area (Å²) in [5.41, 5.74) is 2.43. The molecular formula is C11H17BN2OS. The van der Waals surface area contributed by atoms with Gasteiger partial charge in [-0.2, -0.15) is 0 Å². The van der Waals surface area contributed by atoms with Gasteiger partial charge in [-0.25, -0.2) is 8.93 Å². The highest BCUT2D eigenvalue weighted by atomic mass is 32.2. The molecule has 0 aliphatic carbocycles. The molecule has 16 heavy (non-hydrogen) atoms. The van der Waals surface area contributed by atoms with E-state index in [4.69, 9.17) is 7.85 Å². The molecule has 1 rings (SSSR count). The second kappa shape index (κ2) is 5.10. The van der Waals surface area contributed by atoms with Crippen LogP contribution in [0.3, 0.4) is 0 Å². The predicted octanol–water partition coefficient (Wildman–Crippen LogP) is 0.736. The van der Waals surface area contributed by atoms with Gasteiger partial charge in [0, 0.05) is 18.4 Å². The fourth-order valence-electron chi connectivity index (χ4n) is 1.06. The molecule has 0 unspecified atom stereocenters. The molecule has 1 aromatic rings. The minimum Gasteiger partial charge on any atom is -0.262 e. The van der Waals surface area contributed by atoms with Crippen LogP contribution < -0.4 is 10.2 Å². The lowest BCUT2D eigenvalue weighted by Gasteiger charge is -2.18. The van der Waals surface area contributed by atoms with Gasteiger partial charge >= 0.3 is 0 Å². The fourth-order valence-corrected chi connectivity index (χ4v) is 1.79. The summed E-state index contributed by atoms with van der Waals surface area (Å²) in [7, 11) is 4.68. The average Bonchev–Trinajstić information content (AvgIpc) is 2.18. The van der Waals surface area contributed by atoms with Gasteiger partial charge in [0.1, 0.15) is 7.85 Å². The van der Waals surface area contributed by atoms with Gasteiger partial charge in [0.25, 0.3) is 0 Å². The van der Waals surface area contributed by atoms with Crippen LogP contribution in [0.25, 0.3) is 0 Å². The highest BCUT2D eigenvalue weighted by Gasteiger charge is 2.18. The van der Waals surface area contributed by atoms with Crippen molar-refractivity contribution in [2.45, 2.75) is 39.0 Å². The summed E-state index contributed by atoms with van der Waals surface area (Å²) >= 11 is 0. The number of pyridine rings is 1. The molecule has 0 amide bonds. The van der Waals surface area contributed by atoms with E-state index in [9.17, 15) is 4.21 Å². The van der Waals surface area contributed by atoms with Gasteiger partial charge in [0.15, 0.2) is 0 Å². The normalized spacial score (nSPS) is 13.8. The maximum atomic E-state index is 11.7. The van der Waals surface area contributed by atoms with Gasteiger partial charge < -0.3 is 0 Å². The second-order valence-corrected chi connectivity index (χ2v) is 6.77. The monoisotopic (exact) mass is 236 g/mol. The molecular weight excluding hydrogens is 219 g/mol. The lowest BCUT2D eigenvalue weighted by molar-refractivity contribution is 0.635. The van der Waals surface area contributed by atoms with Crippen LogP contribution in [0.2, 0.25) is 0 Å². The zero-order chi connectivity index (χ0) is 12.3. The van der Waals surface area contributed by atoms with Crippen molar-refractivity contribution in [3.05, 3.63) is 23.5 Å². The van der Waals surface area contributed by atoms with Crippen molar-refractivity contribution in [1.82, 2.24) is 9.71 Å². The van der Waals surface area contributed by atoms with Gasteiger partial charge in [0.2, 0.25) is 0 Å². The topological polar surface area (TPSA) is 42.0 Å². The zero-order valence-corrected chi connectivity index (χ0v) is 11.0. The third-order valence-electron chi connectivity index (χ3n) is 2.15. The van der Waals surface area contributed by atoms with Crippen LogP contribution in [0.5, 0.6) is 0 Å². The van der Waals surface area contributed by atoms with E-state index in [0.717, 1.165) is 11.3 Å². The number of rotatable bonds is 3. The van der Waals surface area contributed by atoms with E-state index in [1.54, 1.807) is 6.20 Å². The van der Waals surface area contributed by atoms with E-state index in [1.807, 2.05) is 33.8 Å². The van der Waals surface area contributed by atoms with Crippen molar-refractivity contribution >= 4 is 24.3 Å². The van der Waals surface area contributed by atoms with Crippen molar-refractivity contribution in [2.75, 3.05) is 0 Å². The molecule has 2 radical (unpaired) electrons. The molecule has 0 aliphatic heterocycles. The van der Waals surface area contributed by atoms with Crippen LogP contribution >= 0.6 is 0 Å². The first-order chi connectivity index (χ1) is 7.30. The van der Waals surface area contributed by atoms with E-state index in [2.05, 4.69) is 9.71 Å². The van der Waals surface area contributed by atoms with Crippen LogP contribution in [0.1, 0.15) is 32.0 Å². The Balaban J connectivity index is 2.62. The molecule has 0 saturated heterocycles. The number of nitrogens with one attached hydrogen (secondary N) is 1. The summed E-state index contributed by atoms with van der Waals surface area (Å²) in [6, 6.07) is 1.86. The summed E-state index contributed by atoms with van der Waals surface area (Å²) in [5.74, 6) is 0. The lowest BCUT2D eigenvalue weighted by Crippen LogP contribution is -2.33. The molecule has 0 aliphatic rings. The quantitative estimate of drug-likeness (QED) is 0.786. The van der Waals surface area contributed by atoms with Crippen LogP contribution in [0, 0.1) is 6.92 Å². The molecule has 1 heterocycles. The largest absolute Gasteiger partial charge is 0.262 e. The Bertz CT molecular complexity index is 401. The van der Waals surface area contributed by atoms with Crippen LogP contribution in [-0.2, 0) is 17.5 Å². The molecule has 0 saturated carbocycles. The Morgan fingerprint density at radius 2 is 2.12 bits per heavy atom. The summed E-state index contributed by atoms with van der Waals surface area (Å²) < 4.78 is 14.4. The third-order valence-corrected chi connectivity index (χ3v) is 3.67. The first-order valence-electron chi connectivity index (χ1n) is 5.17. The molecule has 0 fully saturated rings. The lowest BCUT2D eigenvalue weighted by atomic mass is 9.93. The van der Waals surface area contributed by atoms with Crippen molar-refractivity contribution in [2.24, 2.45) is 0 Å².